The van der Waals surface area contributed by atoms with Crippen LogP contribution in [0.25, 0.3) is 10.9 Å². The molecule has 1 saturated heterocycles. The predicted octanol–water partition coefficient (Wildman–Crippen LogP) is 2.75. The summed E-state index contributed by atoms with van der Waals surface area (Å²) in [4.78, 5) is 42.5. The molecule has 1 aliphatic rings. The van der Waals surface area contributed by atoms with Crippen molar-refractivity contribution < 1.29 is 19.2 Å². The Kier molecular flexibility index (Phi) is 5.57. The zero-order valence-corrected chi connectivity index (χ0v) is 17.0. The highest BCUT2D eigenvalue weighted by atomic mass is 16.6. The molecule has 1 aromatic heterocycles. The zero-order chi connectivity index (χ0) is 22.0. The Morgan fingerprint density at radius 1 is 1.13 bits per heavy atom. The van der Waals surface area contributed by atoms with Crippen LogP contribution in [0.5, 0.6) is 0 Å². The van der Waals surface area contributed by atoms with Crippen molar-refractivity contribution in [2.75, 3.05) is 38.2 Å². The SMILES string of the molecule is COC(=O)c1cc([N+](=O)[O-])ccc1N1CCN(C(=O)Cc2c[nH]c3ccccc23)CC1. The number of para-hydroxylation sites is 1. The first-order valence-electron chi connectivity index (χ1n) is 9.92. The van der Waals surface area contributed by atoms with Crippen molar-refractivity contribution in [2.45, 2.75) is 6.42 Å². The molecule has 0 spiro atoms. The number of non-ortho nitro benzene ring substituents is 1. The average Bonchev–Trinajstić information content (AvgIpc) is 3.21. The molecule has 9 nitrogen and oxygen atoms in total. The number of rotatable bonds is 5. The maximum absolute atomic E-state index is 12.8. The second-order valence-corrected chi connectivity index (χ2v) is 7.35. The summed E-state index contributed by atoms with van der Waals surface area (Å²) >= 11 is 0. The number of nitro benzene ring substituents is 1. The molecule has 1 N–H and O–H groups in total. The average molecular weight is 422 g/mol. The fraction of sp³-hybridized carbons (Fsp3) is 0.273. The molecule has 0 atom stereocenters. The summed E-state index contributed by atoms with van der Waals surface area (Å²) in [5.41, 5.74) is 2.52. The summed E-state index contributed by atoms with van der Waals surface area (Å²) in [5.74, 6) is -0.585. The van der Waals surface area contributed by atoms with E-state index in [1.54, 1.807) is 6.07 Å². The third-order valence-corrected chi connectivity index (χ3v) is 5.59. The molecule has 3 aromatic rings. The molecule has 1 amide bonds. The van der Waals surface area contributed by atoms with Crippen LogP contribution >= 0.6 is 0 Å². The third kappa shape index (κ3) is 4.07. The molecule has 2 aromatic carbocycles. The molecular weight excluding hydrogens is 400 g/mol. The van der Waals surface area contributed by atoms with E-state index in [0.717, 1.165) is 16.5 Å². The van der Waals surface area contributed by atoms with Gasteiger partial charge in [-0.25, -0.2) is 4.79 Å². The Bertz CT molecular complexity index is 1150. The van der Waals surface area contributed by atoms with Gasteiger partial charge in [0.1, 0.15) is 0 Å². The molecular formula is C22H22N4O5. The van der Waals surface area contributed by atoms with Crippen molar-refractivity contribution in [1.82, 2.24) is 9.88 Å². The summed E-state index contributed by atoms with van der Waals surface area (Å²) in [7, 11) is 1.24. The lowest BCUT2D eigenvalue weighted by Gasteiger charge is -2.36. The van der Waals surface area contributed by atoms with Crippen LogP contribution in [-0.2, 0) is 16.0 Å². The first-order chi connectivity index (χ1) is 15.0. The molecule has 0 aliphatic carbocycles. The van der Waals surface area contributed by atoms with Gasteiger partial charge < -0.3 is 19.5 Å². The lowest BCUT2D eigenvalue weighted by molar-refractivity contribution is -0.384. The van der Waals surface area contributed by atoms with Gasteiger partial charge in [-0.15, -0.1) is 0 Å². The van der Waals surface area contributed by atoms with Crippen LogP contribution in [0.3, 0.4) is 0 Å². The predicted molar refractivity (Wildman–Crippen MR) is 115 cm³/mol. The van der Waals surface area contributed by atoms with Crippen LogP contribution < -0.4 is 4.90 Å². The van der Waals surface area contributed by atoms with Crippen molar-refractivity contribution in [2.24, 2.45) is 0 Å². The lowest BCUT2D eigenvalue weighted by atomic mass is 10.1. The number of methoxy groups -OCH3 is 1. The summed E-state index contributed by atoms with van der Waals surface area (Å²) < 4.78 is 4.80. The number of hydrogen-bond acceptors (Lipinski definition) is 6. The number of ether oxygens (including phenoxy) is 1. The molecule has 31 heavy (non-hydrogen) atoms. The van der Waals surface area contributed by atoms with Gasteiger partial charge in [0, 0.05) is 55.4 Å². The number of aromatic amines is 1. The summed E-state index contributed by atoms with van der Waals surface area (Å²) in [5, 5.41) is 12.1. The minimum Gasteiger partial charge on any atom is -0.465 e. The van der Waals surface area contributed by atoms with E-state index in [1.165, 1.54) is 19.2 Å². The normalized spacial score (nSPS) is 14.0. The standard InChI is InChI=1S/C22H22N4O5/c1-31-22(28)18-13-16(26(29)30)6-7-20(18)24-8-10-25(11-9-24)21(27)12-15-14-23-19-5-3-2-4-17(15)19/h2-7,13-14,23H,8-12H2,1H3. The topological polar surface area (TPSA) is 109 Å². The highest BCUT2D eigenvalue weighted by Gasteiger charge is 2.26. The Labute approximate surface area is 178 Å². The molecule has 1 aliphatic heterocycles. The van der Waals surface area contributed by atoms with Crippen molar-refractivity contribution in [3.05, 3.63) is 69.9 Å². The van der Waals surface area contributed by atoms with Crippen LogP contribution in [0.4, 0.5) is 11.4 Å². The number of piperazine rings is 1. The van der Waals surface area contributed by atoms with Crippen LogP contribution in [0.15, 0.2) is 48.7 Å². The minimum atomic E-state index is -0.628. The quantitative estimate of drug-likeness (QED) is 0.385. The fourth-order valence-corrected chi connectivity index (χ4v) is 3.94. The zero-order valence-electron chi connectivity index (χ0n) is 17.0. The van der Waals surface area contributed by atoms with Crippen LogP contribution in [0.1, 0.15) is 15.9 Å². The number of benzene rings is 2. The number of carbonyl (C=O) groups excluding carboxylic acids is 2. The van der Waals surface area contributed by atoms with E-state index in [1.807, 2.05) is 40.3 Å². The second-order valence-electron chi connectivity index (χ2n) is 7.35. The molecule has 160 valence electrons. The van der Waals surface area contributed by atoms with Crippen molar-refractivity contribution in [3.8, 4) is 0 Å². The molecule has 0 bridgehead atoms. The minimum absolute atomic E-state index is 0.0429. The van der Waals surface area contributed by atoms with Gasteiger partial charge in [-0.05, 0) is 17.7 Å². The highest BCUT2D eigenvalue weighted by molar-refractivity contribution is 5.97. The van der Waals surface area contributed by atoms with E-state index in [2.05, 4.69) is 4.98 Å². The fourth-order valence-electron chi connectivity index (χ4n) is 3.94. The monoisotopic (exact) mass is 422 g/mol. The number of hydrogen-bond donors (Lipinski definition) is 1. The van der Waals surface area contributed by atoms with Gasteiger partial charge in [-0.2, -0.15) is 0 Å². The number of nitrogens with zero attached hydrogens (tertiary/aromatic N) is 3. The number of amides is 1. The number of fused-ring (bicyclic) bond motifs is 1. The van der Waals surface area contributed by atoms with Gasteiger partial charge in [-0.3, -0.25) is 14.9 Å². The van der Waals surface area contributed by atoms with Crippen molar-refractivity contribution in [1.29, 1.82) is 0 Å². The number of esters is 1. The van der Waals surface area contributed by atoms with E-state index < -0.39 is 10.9 Å². The second kappa shape index (κ2) is 8.47. The first-order valence-corrected chi connectivity index (χ1v) is 9.92. The Hall–Kier alpha value is -3.88. The van der Waals surface area contributed by atoms with Gasteiger partial charge in [0.15, 0.2) is 0 Å². The van der Waals surface area contributed by atoms with E-state index in [0.29, 0.717) is 38.3 Å². The van der Waals surface area contributed by atoms with E-state index in [4.69, 9.17) is 4.74 Å². The number of H-pyrrole nitrogens is 1. The largest absolute Gasteiger partial charge is 0.465 e. The van der Waals surface area contributed by atoms with Gasteiger partial charge >= 0.3 is 5.97 Å². The Morgan fingerprint density at radius 3 is 2.58 bits per heavy atom. The van der Waals surface area contributed by atoms with Gasteiger partial charge in [-0.1, -0.05) is 18.2 Å². The van der Waals surface area contributed by atoms with E-state index in [-0.39, 0.29) is 17.2 Å². The van der Waals surface area contributed by atoms with E-state index in [9.17, 15) is 19.7 Å². The highest BCUT2D eigenvalue weighted by Crippen LogP contribution is 2.27. The Morgan fingerprint density at radius 2 is 1.87 bits per heavy atom. The van der Waals surface area contributed by atoms with E-state index >= 15 is 0 Å². The molecule has 0 unspecified atom stereocenters. The molecule has 9 heteroatoms. The number of anilines is 1. The number of aromatic nitrogens is 1. The van der Waals surface area contributed by atoms with Crippen LogP contribution in [-0.4, -0.2) is 60.0 Å². The molecule has 1 fully saturated rings. The maximum Gasteiger partial charge on any atom is 0.340 e. The number of nitro groups is 1. The van der Waals surface area contributed by atoms with Gasteiger partial charge in [0.25, 0.3) is 5.69 Å². The molecule has 0 saturated carbocycles. The van der Waals surface area contributed by atoms with Crippen LogP contribution in [0.2, 0.25) is 0 Å². The lowest BCUT2D eigenvalue weighted by Crippen LogP contribution is -2.49. The third-order valence-electron chi connectivity index (χ3n) is 5.59. The number of carbonyl (C=O) groups is 2. The van der Waals surface area contributed by atoms with Gasteiger partial charge in [0.2, 0.25) is 5.91 Å². The first kappa shape index (κ1) is 20.4. The summed E-state index contributed by atoms with van der Waals surface area (Å²) in [6, 6.07) is 12.0. The Balaban J connectivity index is 1.45. The van der Waals surface area contributed by atoms with Crippen molar-refractivity contribution in [3.63, 3.8) is 0 Å². The maximum atomic E-state index is 12.8. The van der Waals surface area contributed by atoms with Crippen LogP contribution in [0, 0.1) is 10.1 Å². The molecule has 2 heterocycles. The molecule has 4 rings (SSSR count). The molecule has 0 radical (unpaired) electrons. The summed E-state index contributed by atoms with van der Waals surface area (Å²) in [6.07, 6.45) is 2.19. The van der Waals surface area contributed by atoms with Gasteiger partial charge in [0.05, 0.1) is 29.7 Å². The number of nitrogens with one attached hydrogen (secondary N) is 1. The summed E-state index contributed by atoms with van der Waals surface area (Å²) in [6.45, 7) is 2.03. The van der Waals surface area contributed by atoms with Crippen molar-refractivity contribution >= 4 is 34.2 Å². The smallest absolute Gasteiger partial charge is 0.340 e.